The maximum Gasteiger partial charge on any atom is 0.193 e. The lowest BCUT2D eigenvalue weighted by Gasteiger charge is -2.33. The molecular weight excluding hydrogens is 469 g/mol. The molecular formula is C20H42IN5O2. The molecule has 0 spiro atoms. The largest absolute Gasteiger partial charge is 0.382 e. The lowest BCUT2D eigenvalue weighted by atomic mass is 10.1. The van der Waals surface area contributed by atoms with Crippen LogP contribution in [0.25, 0.3) is 0 Å². The van der Waals surface area contributed by atoms with Gasteiger partial charge in [-0.3, -0.25) is 4.99 Å². The second kappa shape index (κ2) is 14.8. The topological polar surface area (TPSA) is 52.6 Å². The van der Waals surface area contributed by atoms with Crippen molar-refractivity contribution in [3.8, 4) is 0 Å². The molecule has 2 rings (SSSR count). The summed E-state index contributed by atoms with van der Waals surface area (Å²) in [5, 5.41) is 3.48. The van der Waals surface area contributed by atoms with Gasteiger partial charge in [0, 0.05) is 71.9 Å². The molecule has 2 aliphatic heterocycles. The van der Waals surface area contributed by atoms with E-state index in [1.54, 1.807) is 7.11 Å². The van der Waals surface area contributed by atoms with Crippen LogP contribution in [0.3, 0.4) is 0 Å². The maximum absolute atomic E-state index is 5.72. The molecule has 0 aliphatic carbocycles. The fraction of sp³-hybridized carbons (Fsp3) is 0.950. The van der Waals surface area contributed by atoms with Crippen LogP contribution in [0.15, 0.2) is 4.99 Å². The van der Waals surface area contributed by atoms with Gasteiger partial charge in [0.15, 0.2) is 5.96 Å². The average molecular weight is 511 g/mol. The van der Waals surface area contributed by atoms with E-state index in [4.69, 9.17) is 14.5 Å². The standard InChI is InChI=1S/C20H41N5O2.HI/c1-5-21-20(25-7-6-19(16-25)17-27-13-12-26-4)22-14-18(2)15-24-10-8-23(3)9-11-24;/h18-19H,5-17H2,1-4H3,(H,21,22);1H. The number of guanidine groups is 1. The van der Waals surface area contributed by atoms with Crippen LogP contribution in [-0.4, -0.2) is 114 Å². The Morgan fingerprint density at radius 2 is 1.93 bits per heavy atom. The number of aliphatic imine (C=N–C) groups is 1. The minimum Gasteiger partial charge on any atom is -0.382 e. The first-order valence-electron chi connectivity index (χ1n) is 10.6. The van der Waals surface area contributed by atoms with Gasteiger partial charge in [0.05, 0.1) is 19.8 Å². The highest BCUT2D eigenvalue weighted by Gasteiger charge is 2.25. The summed E-state index contributed by atoms with van der Waals surface area (Å²) in [6.07, 6.45) is 1.17. The van der Waals surface area contributed by atoms with E-state index >= 15 is 0 Å². The fourth-order valence-corrected chi connectivity index (χ4v) is 3.75. The molecule has 2 saturated heterocycles. The van der Waals surface area contributed by atoms with Crippen molar-refractivity contribution in [2.75, 3.05) is 92.9 Å². The van der Waals surface area contributed by atoms with Gasteiger partial charge in [-0.2, -0.15) is 0 Å². The van der Waals surface area contributed by atoms with Gasteiger partial charge in [-0.15, -0.1) is 24.0 Å². The molecule has 1 N–H and O–H groups in total. The molecule has 0 aromatic rings. The number of hydrogen-bond acceptors (Lipinski definition) is 5. The quantitative estimate of drug-likeness (QED) is 0.208. The van der Waals surface area contributed by atoms with Gasteiger partial charge < -0.3 is 29.5 Å². The number of halogens is 1. The molecule has 0 saturated carbocycles. The van der Waals surface area contributed by atoms with Crippen molar-refractivity contribution in [3.05, 3.63) is 0 Å². The third-order valence-corrected chi connectivity index (χ3v) is 5.42. The summed E-state index contributed by atoms with van der Waals surface area (Å²) in [6, 6.07) is 0. The van der Waals surface area contributed by atoms with Crippen LogP contribution < -0.4 is 5.32 Å². The van der Waals surface area contributed by atoms with E-state index in [0.717, 1.165) is 45.3 Å². The highest BCUT2D eigenvalue weighted by Crippen LogP contribution is 2.17. The SMILES string of the molecule is CCNC(=NCC(C)CN1CCN(C)CC1)N1CCC(COCCOC)C1.I. The van der Waals surface area contributed by atoms with Gasteiger partial charge in [0.1, 0.15) is 0 Å². The Balaban J connectivity index is 0.00000392. The minimum atomic E-state index is 0. The first-order valence-corrected chi connectivity index (χ1v) is 10.6. The molecule has 0 bridgehead atoms. The minimum absolute atomic E-state index is 0. The van der Waals surface area contributed by atoms with Gasteiger partial charge in [-0.25, -0.2) is 0 Å². The zero-order valence-corrected chi connectivity index (χ0v) is 20.7. The van der Waals surface area contributed by atoms with Gasteiger partial charge in [-0.1, -0.05) is 6.92 Å². The van der Waals surface area contributed by atoms with E-state index in [0.29, 0.717) is 25.0 Å². The average Bonchev–Trinajstić information content (AvgIpc) is 3.13. The predicted molar refractivity (Wildman–Crippen MR) is 127 cm³/mol. The third-order valence-electron chi connectivity index (χ3n) is 5.42. The lowest BCUT2D eigenvalue weighted by Crippen LogP contribution is -2.46. The summed E-state index contributed by atoms with van der Waals surface area (Å²) in [5.41, 5.74) is 0. The number of nitrogens with one attached hydrogen (secondary N) is 1. The molecule has 28 heavy (non-hydrogen) atoms. The Hall–Kier alpha value is -0.160. The Morgan fingerprint density at radius 1 is 1.18 bits per heavy atom. The summed E-state index contributed by atoms with van der Waals surface area (Å²) in [6.45, 7) is 16.4. The highest BCUT2D eigenvalue weighted by atomic mass is 127. The number of piperazine rings is 1. The van der Waals surface area contributed by atoms with Crippen LogP contribution in [0.1, 0.15) is 20.3 Å². The summed E-state index contributed by atoms with van der Waals surface area (Å²) < 4.78 is 10.8. The van der Waals surface area contributed by atoms with Crippen LogP contribution in [0, 0.1) is 11.8 Å². The Morgan fingerprint density at radius 3 is 2.61 bits per heavy atom. The summed E-state index contributed by atoms with van der Waals surface area (Å²) in [5.74, 6) is 2.24. The predicted octanol–water partition coefficient (Wildman–Crippen LogP) is 1.44. The number of rotatable bonds is 10. The van der Waals surface area contributed by atoms with Crippen molar-refractivity contribution in [2.24, 2.45) is 16.8 Å². The molecule has 2 fully saturated rings. The van der Waals surface area contributed by atoms with Gasteiger partial charge in [0.2, 0.25) is 0 Å². The molecule has 2 unspecified atom stereocenters. The van der Waals surface area contributed by atoms with E-state index in [9.17, 15) is 0 Å². The maximum atomic E-state index is 5.72. The van der Waals surface area contributed by atoms with E-state index in [1.165, 1.54) is 32.6 Å². The van der Waals surface area contributed by atoms with E-state index in [1.807, 2.05) is 0 Å². The number of likely N-dealkylation sites (N-methyl/N-ethyl adjacent to an activating group) is 1. The van der Waals surface area contributed by atoms with Crippen LogP contribution in [0.4, 0.5) is 0 Å². The summed E-state index contributed by atoms with van der Waals surface area (Å²) in [4.78, 5) is 12.3. The molecule has 0 aromatic heterocycles. The molecule has 8 heteroatoms. The van der Waals surface area contributed by atoms with Crippen LogP contribution in [0.5, 0.6) is 0 Å². The number of methoxy groups -OCH3 is 1. The number of likely N-dealkylation sites (tertiary alicyclic amines) is 1. The lowest BCUT2D eigenvalue weighted by molar-refractivity contribution is 0.0536. The number of hydrogen-bond donors (Lipinski definition) is 1. The van der Waals surface area contributed by atoms with Crippen molar-refractivity contribution < 1.29 is 9.47 Å². The van der Waals surface area contributed by atoms with Crippen molar-refractivity contribution in [1.29, 1.82) is 0 Å². The van der Waals surface area contributed by atoms with E-state index in [2.05, 4.69) is 40.9 Å². The fourth-order valence-electron chi connectivity index (χ4n) is 3.75. The monoisotopic (exact) mass is 511 g/mol. The van der Waals surface area contributed by atoms with Gasteiger partial charge >= 0.3 is 0 Å². The summed E-state index contributed by atoms with van der Waals surface area (Å²) in [7, 11) is 3.92. The Labute approximate surface area is 189 Å². The van der Waals surface area contributed by atoms with Gasteiger partial charge in [-0.05, 0) is 26.3 Å². The van der Waals surface area contributed by atoms with Crippen LogP contribution >= 0.6 is 24.0 Å². The van der Waals surface area contributed by atoms with Crippen LogP contribution in [-0.2, 0) is 9.47 Å². The second-order valence-electron chi connectivity index (χ2n) is 8.07. The Bertz CT molecular complexity index is 433. The first kappa shape index (κ1) is 25.9. The van der Waals surface area contributed by atoms with Crippen molar-refractivity contribution in [1.82, 2.24) is 20.0 Å². The summed E-state index contributed by atoms with van der Waals surface area (Å²) >= 11 is 0. The molecule has 2 heterocycles. The van der Waals surface area contributed by atoms with Crippen molar-refractivity contribution in [2.45, 2.75) is 20.3 Å². The molecule has 0 amide bonds. The molecule has 7 nitrogen and oxygen atoms in total. The number of ether oxygens (including phenoxy) is 2. The zero-order chi connectivity index (χ0) is 19.5. The van der Waals surface area contributed by atoms with E-state index in [-0.39, 0.29) is 24.0 Å². The van der Waals surface area contributed by atoms with Crippen LogP contribution in [0.2, 0.25) is 0 Å². The normalized spacial score (nSPS) is 22.9. The molecule has 166 valence electrons. The molecule has 2 atom stereocenters. The molecule has 2 aliphatic rings. The van der Waals surface area contributed by atoms with Crippen molar-refractivity contribution in [3.63, 3.8) is 0 Å². The smallest absolute Gasteiger partial charge is 0.193 e. The van der Waals surface area contributed by atoms with E-state index < -0.39 is 0 Å². The Kier molecular flexibility index (Phi) is 13.6. The second-order valence-corrected chi connectivity index (χ2v) is 8.07. The first-order chi connectivity index (χ1) is 13.1. The molecule has 0 radical (unpaired) electrons. The van der Waals surface area contributed by atoms with Gasteiger partial charge in [0.25, 0.3) is 0 Å². The highest BCUT2D eigenvalue weighted by molar-refractivity contribution is 14.0. The molecule has 0 aromatic carbocycles. The van der Waals surface area contributed by atoms with Crippen molar-refractivity contribution >= 4 is 29.9 Å². The zero-order valence-electron chi connectivity index (χ0n) is 18.4. The third kappa shape index (κ3) is 9.56. The number of nitrogens with zero attached hydrogens (tertiary/aromatic N) is 4.